The van der Waals surface area contributed by atoms with Gasteiger partial charge in [0.15, 0.2) is 11.6 Å². The van der Waals surface area contributed by atoms with Crippen LogP contribution in [0.2, 0.25) is 0 Å². The molecule has 2 atom stereocenters. The highest BCUT2D eigenvalue weighted by Gasteiger charge is 2.52. The van der Waals surface area contributed by atoms with Crippen molar-refractivity contribution in [3.63, 3.8) is 0 Å². The maximum Gasteiger partial charge on any atom is 0.266 e. The third-order valence-corrected chi connectivity index (χ3v) is 8.67. The number of nitrogens with one attached hydrogen (secondary N) is 2. The number of aliphatic hydroxyl groups excluding tert-OH is 1. The molecule has 0 bridgehead atoms. The largest absolute Gasteiger partial charge is 0.494 e. The molecule has 3 aromatic rings. The lowest BCUT2D eigenvalue weighted by Gasteiger charge is -2.33. The highest BCUT2D eigenvalue weighted by molar-refractivity contribution is 9.10. The normalized spacial score (nSPS) is 21.1. The number of benzene rings is 3. The molecule has 0 unspecified atom stereocenters. The first-order valence-electron chi connectivity index (χ1n) is 15.2. The van der Waals surface area contributed by atoms with Crippen molar-refractivity contribution >= 4 is 33.8 Å². The Labute approximate surface area is 267 Å². The summed E-state index contributed by atoms with van der Waals surface area (Å²) in [7, 11) is 0. The van der Waals surface area contributed by atoms with Gasteiger partial charge < -0.3 is 19.7 Å². The maximum atomic E-state index is 14.3. The molecule has 1 fully saturated rings. The monoisotopic (exact) mass is 661 g/mol. The van der Waals surface area contributed by atoms with Crippen molar-refractivity contribution < 1.29 is 24.5 Å². The lowest BCUT2D eigenvalue weighted by molar-refractivity contribution is -0.130. The number of hydrazine groups is 1. The molecule has 1 amide bonds. The van der Waals surface area contributed by atoms with E-state index >= 15 is 0 Å². The summed E-state index contributed by atoms with van der Waals surface area (Å²) in [6, 6.07) is 25.0. The van der Waals surface area contributed by atoms with Crippen LogP contribution in [-0.4, -0.2) is 52.9 Å². The number of amides is 1. The number of nitrogens with zero attached hydrogens (tertiary/aromatic N) is 1. The molecule has 44 heavy (non-hydrogen) atoms. The van der Waals surface area contributed by atoms with Gasteiger partial charge in [-0.1, -0.05) is 89.8 Å². The first-order chi connectivity index (χ1) is 21.4. The van der Waals surface area contributed by atoms with Crippen LogP contribution >= 0.6 is 15.9 Å². The fourth-order valence-corrected chi connectivity index (χ4v) is 5.94. The predicted molar refractivity (Wildman–Crippen MR) is 175 cm³/mol. The lowest BCUT2D eigenvalue weighted by atomic mass is 9.84. The van der Waals surface area contributed by atoms with Gasteiger partial charge in [-0.3, -0.25) is 10.2 Å². The van der Waals surface area contributed by atoms with Crippen molar-refractivity contribution in [2.75, 3.05) is 19.8 Å². The van der Waals surface area contributed by atoms with Gasteiger partial charge in [-0.15, -0.1) is 0 Å². The van der Waals surface area contributed by atoms with Crippen molar-refractivity contribution in [2.45, 2.75) is 62.2 Å². The summed E-state index contributed by atoms with van der Waals surface area (Å²) >= 11 is 3.51. The van der Waals surface area contributed by atoms with Gasteiger partial charge in [0.2, 0.25) is 5.90 Å². The molecule has 1 aliphatic carbocycles. The zero-order valence-corrected chi connectivity index (χ0v) is 26.3. The summed E-state index contributed by atoms with van der Waals surface area (Å²) in [6.45, 7) is 0.738. The number of hydrogen-bond donors (Lipinski definition) is 4. The minimum atomic E-state index is -1.34. The van der Waals surface area contributed by atoms with Gasteiger partial charge in [0, 0.05) is 36.0 Å². The number of aliphatic hydroxyl groups is 2. The van der Waals surface area contributed by atoms with Crippen molar-refractivity contribution in [3.8, 4) is 5.75 Å². The number of aliphatic imine (C=N–C) groups is 1. The Morgan fingerprint density at radius 2 is 1.75 bits per heavy atom. The van der Waals surface area contributed by atoms with Crippen LogP contribution in [0.5, 0.6) is 5.75 Å². The summed E-state index contributed by atoms with van der Waals surface area (Å²) in [5, 5.41) is 20.1. The van der Waals surface area contributed by atoms with E-state index in [2.05, 4.69) is 26.8 Å². The lowest BCUT2D eigenvalue weighted by Crippen LogP contribution is -2.55. The minimum absolute atomic E-state index is 0.0667. The van der Waals surface area contributed by atoms with Gasteiger partial charge in [0.05, 0.1) is 12.2 Å². The number of hydrogen-bond acceptors (Lipinski definition) is 7. The Kier molecular flexibility index (Phi) is 10.9. The molecular formula is C35H40BrN3O5. The Balaban J connectivity index is 1.47. The molecule has 4 N–H and O–H groups in total. The molecule has 1 heterocycles. The van der Waals surface area contributed by atoms with Crippen molar-refractivity contribution in [3.05, 3.63) is 106 Å². The van der Waals surface area contributed by atoms with Gasteiger partial charge in [-0.05, 0) is 60.4 Å². The van der Waals surface area contributed by atoms with Crippen LogP contribution in [0.3, 0.4) is 0 Å². The molecule has 0 spiro atoms. The molecule has 0 aromatic heterocycles. The predicted octanol–water partition coefficient (Wildman–Crippen LogP) is 5.89. The van der Waals surface area contributed by atoms with Gasteiger partial charge in [0.1, 0.15) is 5.75 Å². The Morgan fingerprint density at radius 1 is 1.02 bits per heavy atom. The van der Waals surface area contributed by atoms with Crippen molar-refractivity contribution in [1.82, 2.24) is 10.9 Å². The van der Waals surface area contributed by atoms with Crippen LogP contribution in [0.1, 0.15) is 67.7 Å². The zero-order valence-electron chi connectivity index (χ0n) is 24.8. The van der Waals surface area contributed by atoms with E-state index in [1.807, 2.05) is 91.0 Å². The van der Waals surface area contributed by atoms with Crippen LogP contribution in [-0.2, 0) is 9.53 Å². The summed E-state index contributed by atoms with van der Waals surface area (Å²) in [6.07, 6.45) is 8.51. The van der Waals surface area contributed by atoms with Crippen LogP contribution in [0.15, 0.2) is 94.4 Å². The van der Waals surface area contributed by atoms with Gasteiger partial charge in [0.25, 0.3) is 5.91 Å². The fourth-order valence-electron chi connectivity index (χ4n) is 5.68. The van der Waals surface area contributed by atoms with E-state index < -0.39 is 17.2 Å². The van der Waals surface area contributed by atoms with Gasteiger partial charge in [-0.25, -0.2) is 10.4 Å². The minimum Gasteiger partial charge on any atom is -0.494 e. The number of ether oxygens (including phenoxy) is 2. The molecule has 0 radical (unpaired) electrons. The molecular weight excluding hydrogens is 622 g/mol. The van der Waals surface area contributed by atoms with Gasteiger partial charge in [-0.2, -0.15) is 0 Å². The van der Waals surface area contributed by atoms with Crippen LogP contribution < -0.4 is 15.6 Å². The summed E-state index contributed by atoms with van der Waals surface area (Å²) in [5.41, 5.74) is 6.27. The Hall–Kier alpha value is -3.50. The Morgan fingerprint density at radius 3 is 2.45 bits per heavy atom. The van der Waals surface area contributed by atoms with E-state index in [9.17, 15) is 9.90 Å². The average Bonchev–Trinajstić information content (AvgIpc) is 3.43. The van der Waals surface area contributed by atoms with Crippen molar-refractivity contribution in [1.29, 1.82) is 0 Å². The second-order valence-electron chi connectivity index (χ2n) is 11.5. The molecule has 3 aromatic carbocycles. The van der Waals surface area contributed by atoms with E-state index in [0.717, 1.165) is 34.9 Å². The van der Waals surface area contributed by atoms with E-state index in [1.54, 1.807) is 0 Å². The molecule has 0 saturated heterocycles. The quantitative estimate of drug-likeness (QED) is 0.134. The molecule has 9 heteroatoms. The smallest absolute Gasteiger partial charge is 0.266 e. The molecule has 1 saturated carbocycles. The van der Waals surface area contributed by atoms with Crippen LogP contribution in [0.4, 0.5) is 0 Å². The SMILES string of the molecule is O=C(NNCC1(O)CCCCC1)[C@@]1(C/C=C/c2ccccc2)N=C(c2ccc(OCCCO)cc2)O[C@H]1c1ccc(Br)cc1. The number of carbonyl (C=O) groups is 1. The number of rotatable bonds is 13. The average molecular weight is 663 g/mol. The third-order valence-electron chi connectivity index (χ3n) is 8.15. The fraction of sp³-hybridized carbons (Fsp3) is 0.371. The van der Waals surface area contributed by atoms with Crippen LogP contribution in [0.25, 0.3) is 6.08 Å². The van der Waals surface area contributed by atoms with E-state index in [1.165, 1.54) is 0 Å². The first-order valence-corrected chi connectivity index (χ1v) is 16.0. The molecule has 232 valence electrons. The summed E-state index contributed by atoms with van der Waals surface area (Å²) < 4.78 is 13.2. The molecule has 2 aliphatic rings. The molecule has 5 rings (SSSR count). The Bertz CT molecular complexity index is 1420. The third kappa shape index (κ3) is 7.95. The standard InChI is InChI=1S/C35H40BrN3O5/c36-29-16-12-27(13-17-29)31-35(22-7-11-26-9-3-1-4-10-26,33(41)39-37-25-34(42)20-5-2-6-21-34)38-32(44-31)28-14-18-30(19-15-28)43-24-8-23-40/h1,3-4,7,9-19,31,37,40,42H,2,5-6,8,20-25H2,(H,39,41)/b11-7+/t31-,35-/m0/s1. The second-order valence-corrected chi connectivity index (χ2v) is 12.4. The van der Waals surface area contributed by atoms with E-state index in [-0.39, 0.29) is 25.5 Å². The summed E-state index contributed by atoms with van der Waals surface area (Å²) in [4.78, 5) is 19.3. The van der Waals surface area contributed by atoms with Gasteiger partial charge >= 0.3 is 0 Å². The highest BCUT2D eigenvalue weighted by Crippen LogP contribution is 2.43. The topological polar surface area (TPSA) is 112 Å². The number of carbonyl (C=O) groups excluding carboxylic acids is 1. The van der Waals surface area contributed by atoms with E-state index in [4.69, 9.17) is 19.6 Å². The number of halogens is 1. The van der Waals surface area contributed by atoms with Crippen molar-refractivity contribution in [2.24, 2.45) is 4.99 Å². The summed E-state index contributed by atoms with van der Waals surface area (Å²) in [5.74, 6) is 0.681. The zero-order chi connectivity index (χ0) is 30.8. The highest BCUT2D eigenvalue weighted by atomic mass is 79.9. The molecule has 1 aliphatic heterocycles. The second kappa shape index (κ2) is 15.0. The van der Waals surface area contributed by atoms with E-state index in [0.29, 0.717) is 43.1 Å². The molecule has 8 nitrogen and oxygen atoms in total. The first kappa shape index (κ1) is 31.9. The maximum absolute atomic E-state index is 14.3. The van der Waals surface area contributed by atoms with Crippen LogP contribution in [0, 0.1) is 0 Å².